The molecule has 0 aromatic heterocycles. The van der Waals surface area contributed by atoms with Crippen molar-refractivity contribution in [2.24, 2.45) is 5.73 Å². The fourth-order valence-corrected chi connectivity index (χ4v) is 2.77. The van der Waals surface area contributed by atoms with Crippen molar-refractivity contribution in [1.82, 2.24) is 0 Å². The van der Waals surface area contributed by atoms with Crippen molar-refractivity contribution in [2.45, 2.75) is 17.2 Å². The summed E-state index contributed by atoms with van der Waals surface area (Å²) in [6.07, 6.45) is 0. The van der Waals surface area contributed by atoms with Gasteiger partial charge < -0.3 is 10.5 Å². The molecular formula is C15H16FNOS. The molecule has 0 amide bonds. The number of methoxy groups -OCH3 is 1. The van der Waals surface area contributed by atoms with E-state index in [2.05, 4.69) is 0 Å². The molecule has 2 nitrogen and oxygen atoms in total. The Balaban J connectivity index is 2.12. The lowest BCUT2D eigenvalue weighted by Gasteiger charge is -2.08. The van der Waals surface area contributed by atoms with Gasteiger partial charge in [0.15, 0.2) is 0 Å². The van der Waals surface area contributed by atoms with Crippen LogP contribution < -0.4 is 10.5 Å². The van der Waals surface area contributed by atoms with Crippen LogP contribution in [0.15, 0.2) is 47.4 Å². The highest BCUT2D eigenvalue weighted by Gasteiger charge is 2.05. The topological polar surface area (TPSA) is 35.2 Å². The van der Waals surface area contributed by atoms with Crippen LogP contribution in [0.25, 0.3) is 0 Å². The SMILES string of the molecule is COc1ccccc1SCc1cc(F)cc(CN)c1. The monoisotopic (exact) mass is 277 g/mol. The lowest BCUT2D eigenvalue weighted by Crippen LogP contribution is -1.98. The summed E-state index contributed by atoms with van der Waals surface area (Å²) in [5.41, 5.74) is 7.29. The predicted molar refractivity (Wildman–Crippen MR) is 76.8 cm³/mol. The number of hydrogen-bond donors (Lipinski definition) is 1. The Morgan fingerprint density at radius 1 is 1.16 bits per heavy atom. The average Bonchev–Trinajstić information content (AvgIpc) is 2.44. The van der Waals surface area contributed by atoms with E-state index in [0.717, 1.165) is 21.8 Å². The zero-order valence-electron chi connectivity index (χ0n) is 10.7. The Hall–Kier alpha value is -1.52. The first-order chi connectivity index (χ1) is 9.22. The molecule has 2 N–H and O–H groups in total. The molecule has 0 unspecified atom stereocenters. The van der Waals surface area contributed by atoms with E-state index in [1.165, 1.54) is 6.07 Å². The van der Waals surface area contributed by atoms with E-state index in [1.807, 2.05) is 30.3 Å². The number of rotatable bonds is 5. The standard InChI is InChI=1S/C15H16FNOS/c1-18-14-4-2-3-5-15(14)19-10-12-6-11(9-17)7-13(16)8-12/h2-8H,9-10,17H2,1H3. The maximum atomic E-state index is 13.4. The lowest BCUT2D eigenvalue weighted by atomic mass is 10.1. The van der Waals surface area contributed by atoms with Crippen LogP contribution in [0.2, 0.25) is 0 Å². The highest BCUT2D eigenvalue weighted by molar-refractivity contribution is 7.98. The fourth-order valence-electron chi connectivity index (χ4n) is 1.82. The van der Waals surface area contributed by atoms with Gasteiger partial charge in [-0.3, -0.25) is 0 Å². The summed E-state index contributed by atoms with van der Waals surface area (Å²) in [5, 5.41) is 0. The molecule has 0 saturated heterocycles. The Morgan fingerprint density at radius 3 is 2.63 bits per heavy atom. The molecule has 4 heteroatoms. The maximum Gasteiger partial charge on any atom is 0.132 e. The number of halogens is 1. The first kappa shape index (κ1) is 13.9. The molecule has 0 bridgehead atoms. The van der Waals surface area contributed by atoms with Crippen molar-refractivity contribution < 1.29 is 9.13 Å². The van der Waals surface area contributed by atoms with Crippen LogP contribution in [0.1, 0.15) is 11.1 Å². The third-order valence-corrected chi connectivity index (χ3v) is 3.84. The molecule has 0 aliphatic carbocycles. The molecule has 0 radical (unpaired) electrons. The minimum Gasteiger partial charge on any atom is -0.496 e. The number of ether oxygens (including phenoxy) is 1. The Bertz CT molecular complexity index is 560. The van der Waals surface area contributed by atoms with Crippen LogP contribution in [0.4, 0.5) is 4.39 Å². The number of benzene rings is 2. The third-order valence-electron chi connectivity index (χ3n) is 2.72. The van der Waals surface area contributed by atoms with Crippen LogP contribution in [0, 0.1) is 5.82 Å². The minimum atomic E-state index is -0.237. The fraction of sp³-hybridized carbons (Fsp3) is 0.200. The van der Waals surface area contributed by atoms with E-state index < -0.39 is 0 Å². The second-order valence-electron chi connectivity index (χ2n) is 4.11. The zero-order valence-corrected chi connectivity index (χ0v) is 11.5. The molecule has 0 atom stereocenters. The summed E-state index contributed by atoms with van der Waals surface area (Å²) in [6, 6.07) is 12.7. The summed E-state index contributed by atoms with van der Waals surface area (Å²) in [6.45, 7) is 0.351. The maximum absolute atomic E-state index is 13.4. The van der Waals surface area contributed by atoms with Gasteiger partial charge in [-0.25, -0.2) is 4.39 Å². The Morgan fingerprint density at radius 2 is 1.89 bits per heavy atom. The van der Waals surface area contributed by atoms with Crippen LogP contribution in [0.3, 0.4) is 0 Å². The molecule has 0 saturated carbocycles. The third kappa shape index (κ3) is 3.72. The van der Waals surface area contributed by atoms with Gasteiger partial charge in [-0.15, -0.1) is 11.8 Å². The predicted octanol–water partition coefficient (Wildman–Crippen LogP) is 3.59. The number of para-hydroxylation sites is 1. The molecule has 19 heavy (non-hydrogen) atoms. The Labute approximate surface area is 116 Å². The smallest absolute Gasteiger partial charge is 0.132 e. The van der Waals surface area contributed by atoms with Crippen molar-refractivity contribution >= 4 is 11.8 Å². The van der Waals surface area contributed by atoms with E-state index in [1.54, 1.807) is 24.9 Å². The van der Waals surface area contributed by atoms with E-state index in [0.29, 0.717) is 12.3 Å². The summed E-state index contributed by atoms with van der Waals surface area (Å²) >= 11 is 1.62. The van der Waals surface area contributed by atoms with E-state index >= 15 is 0 Å². The summed E-state index contributed by atoms with van der Waals surface area (Å²) in [7, 11) is 1.65. The quantitative estimate of drug-likeness (QED) is 0.848. The summed E-state index contributed by atoms with van der Waals surface area (Å²) < 4.78 is 18.7. The van der Waals surface area contributed by atoms with Gasteiger partial charge in [0.2, 0.25) is 0 Å². The summed E-state index contributed by atoms with van der Waals surface area (Å²) in [4.78, 5) is 1.04. The zero-order chi connectivity index (χ0) is 13.7. The molecule has 0 heterocycles. The van der Waals surface area contributed by atoms with Gasteiger partial charge in [0, 0.05) is 17.2 Å². The first-order valence-corrected chi connectivity index (χ1v) is 6.95. The molecular weight excluding hydrogens is 261 g/mol. The van der Waals surface area contributed by atoms with Gasteiger partial charge in [-0.2, -0.15) is 0 Å². The molecule has 0 aliphatic heterocycles. The first-order valence-electron chi connectivity index (χ1n) is 5.97. The van der Waals surface area contributed by atoms with E-state index in [4.69, 9.17) is 10.5 Å². The van der Waals surface area contributed by atoms with Crippen molar-refractivity contribution in [1.29, 1.82) is 0 Å². The Kier molecular flexibility index (Phi) is 4.82. The average molecular weight is 277 g/mol. The van der Waals surface area contributed by atoms with Crippen LogP contribution in [-0.4, -0.2) is 7.11 Å². The number of nitrogens with two attached hydrogens (primary N) is 1. The van der Waals surface area contributed by atoms with Gasteiger partial charge in [0.05, 0.1) is 7.11 Å². The van der Waals surface area contributed by atoms with Gasteiger partial charge in [0.1, 0.15) is 11.6 Å². The summed E-state index contributed by atoms with van der Waals surface area (Å²) in [5.74, 6) is 1.28. The molecule has 0 spiro atoms. The minimum absolute atomic E-state index is 0.237. The molecule has 2 rings (SSSR count). The van der Waals surface area contributed by atoms with Crippen molar-refractivity contribution in [3.8, 4) is 5.75 Å². The van der Waals surface area contributed by atoms with Crippen LogP contribution in [-0.2, 0) is 12.3 Å². The van der Waals surface area contributed by atoms with Crippen LogP contribution in [0.5, 0.6) is 5.75 Å². The lowest BCUT2D eigenvalue weighted by molar-refractivity contribution is 0.405. The highest BCUT2D eigenvalue weighted by atomic mass is 32.2. The second-order valence-corrected chi connectivity index (χ2v) is 5.13. The molecule has 2 aromatic rings. The van der Waals surface area contributed by atoms with E-state index in [9.17, 15) is 4.39 Å². The molecule has 100 valence electrons. The largest absolute Gasteiger partial charge is 0.496 e. The van der Waals surface area contributed by atoms with Gasteiger partial charge in [-0.1, -0.05) is 18.2 Å². The van der Waals surface area contributed by atoms with Gasteiger partial charge >= 0.3 is 0 Å². The normalized spacial score (nSPS) is 10.5. The van der Waals surface area contributed by atoms with E-state index in [-0.39, 0.29) is 5.82 Å². The molecule has 0 fully saturated rings. The molecule has 2 aromatic carbocycles. The highest BCUT2D eigenvalue weighted by Crippen LogP contribution is 2.31. The number of thioether (sulfide) groups is 1. The van der Waals surface area contributed by atoms with Crippen molar-refractivity contribution in [3.63, 3.8) is 0 Å². The van der Waals surface area contributed by atoms with Crippen molar-refractivity contribution in [2.75, 3.05) is 7.11 Å². The molecule has 0 aliphatic rings. The van der Waals surface area contributed by atoms with Crippen LogP contribution >= 0.6 is 11.8 Å². The van der Waals surface area contributed by atoms with Gasteiger partial charge in [0.25, 0.3) is 0 Å². The number of hydrogen-bond acceptors (Lipinski definition) is 3. The second kappa shape index (κ2) is 6.59. The van der Waals surface area contributed by atoms with Gasteiger partial charge in [-0.05, 0) is 35.4 Å². The van der Waals surface area contributed by atoms with Crippen molar-refractivity contribution in [3.05, 3.63) is 59.4 Å².